The van der Waals surface area contributed by atoms with Crippen molar-refractivity contribution in [3.63, 3.8) is 0 Å². The Morgan fingerprint density at radius 3 is 2.44 bits per heavy atom. The Labute approximate surface area is 94.8 Å². The van der Waals surface area contributed by atoms with E-state index in [4.69, 9.17) is 11.6 Å². The van der Waals surface area contributed by atoms with Gasteiger partial charge in [-0.2, -0.15) is 13.2 Å². The van der Waals surface area contributed by atoms with E-state index < -0.39 is 17.6 Å². The zero-order valence-electron chi connectivity index (χ0n) is 8.47. The summed E-state index contributed by atoms with van der Waals surface area (Å²) < 4.78 is 37.1. The van der Waals surface area contributed by atoms with Gasteiger partial charge in [-0.1, -0.05) is 11.6 Å². The molecule has 0 bridgehead atoms. The fourth-order valence-corrected chi connectivity index (χ4v) is 1.18. The molecule has 1 aromatic heterocycles. The number of hydrogen-bond donors (Lipinski definition) is 0. The first-order chi connectivity index (χ1) is 7.23. The largest absolute Gasteiger partial charge is 0.417 e. The Bertz CT molecular complexity index is 418. The van der Waals surface area contributed by atoms with E-state index in [2.05, 4.69) is 4.98 Å². The van der Waals surface area contributed by atoms with Crippen LogP contribution in [0.1, 0.15) is 15.9 Å². The molecule has 0 aliphatic carbocycles. The van der Waals surface area contributed by atoms with Gasteiger partial charge in [-0.3, -0.25) is 4.79 Å². The van der Waals surface area contributed by atoms with Crippen molar-refractivity contribution in [3.05, 3.63) is 28.5 Å². The molecule has 0 unspecified atom stereocenters. The Morgan fingerprint density at radius 1 is 1.44 bits per heavy atom. The number of aromatic nitrogens is 1. The van der Waals surface area contributed by atoms with Gasteiger partial charge in [-0.05, 0) is 6.07 Å². The minimum atomic E-state index is -4.54. The van der Waals surface area contributed by atoms with Crippen molar-refractivity contribution < 1.29 is 18.0 Å². The molecule has 7 heteroatoms. The summed E-state index contributed by atoms with van der Waals surface area (Å²) in [6.07, 6.45) is -3.95. The Balaban J connectivity index is 3.25. The lowest BCUT2D eigenvalue weighted by atomic mass is 10.2. The summed E-state index contributed by atoms with van der Waals surface area (Å²) in [7, 11) is 2.83. The van der Waals surface area contributed by atoms with Crippen LogP contribution in [0.2, 0.25) is 5.15 Å². The first kappa shape index (κ1) is 12.8. The molecule has 88 valence electrons. The third kappa shape index (κ3) is 2.63. The maximum atomic E-state index is 12.4. The molecule has 0 fully saturated rings. The van der Waals surface area contributed by atoms with Crippen molar-refractivity contribution in [1.29, 1.82) is 0 Å². The van der Waals surface area contributed by atoms with E-state index >= 15 is 0 Å². The van der Waals surface area contributed by atoms with Crippen molar-refractivity contribution in [2.45, 2.75) is 6.18 Å². The van der Waals surface area contributed by atoms with Gasteiger partial charge in [0.05, 0.1) is 11.1 Å². The maximum Gasteiger partial charge on any atom is 0.417 e. The molecule has 16 heavy (non-hydrogen) atoms. The van der Waals surface area contributed by atoms with E-state index in [1.54, 1.807) is 0 Å². The number of nitrogens with zero attached hydrogens (tertiary/aromatic N) is 2. The molecule has 0 radical (unpaired) electrons. The van der Waals surface area contributed by atoms with Gasteiger partial charge in [0.2, 0.25) is 0 Å². The summed E-state index contributed by atoms with van der Waals surface area (Å²) >= 11 is 5.56. The molecular formula is C9H8ClF3N2O. The smallest absolute Gasteiger partial charge is 0.345 e. The quantitative estimate of drug-likeness (QED) is 0.720. The summed E-state index contributed by atoms with van der Waals surface area (Å²) in [5.41, 5.74) is -1.26. The van der Waals surface area contributed by atoms with Crippen LogP contribution in [0.4, 0.5) is 13.2 Å². The molecule has 1 heterocycles. The lowest BCUT2D eigenvalue weighted by Crippen LogP contribution is -2.23. The number of halogens is 4. The molecule has 0 spiro atoms. The molecule has 0 aliphatic rings. The van der Waals surface area contributed by atoms with Crippen LogP contribution in [-0.4, -0.2) is 29.9 Å². The van der Waals surface area contributed by atoms with Gasteiger partial charge in [0.15, 0.2) is 0 Å². The maximum absolute atomic E-state index is 12.4. The number of rotatable bonds is 1. The first-order valence-corrected chi connectivity index (χ1v) is 4.55. The van der Waals surface area contributed by atoms with Crippen LogP contribution in [0.15, 0.2) is 12.3 Å². The summed E-state index contributed by atoms with van der Waals surface area (Å²) in [6, 6.07) is 0.692. The molecule has 0 N–H and O–H groups in total. The summed E-state index contributed by atoms with van der Waals surface area (Å²) in [5, 5.41) is -0.244. The standard InChI is InChI=1S/C9H8ClF3N2O/c1-15(2)8(16)6-3-5(9(11,12)13)4-14-7(6)10/h3-4H,1-2H3. The number of carbonyl (C=O) groups is 1. The van der Waals surface area contributed by atoms with Crippen LogP contribution in [0.5, 0.6) is 0 Å². The van der Waals surface area contributed by atoms with E-state index in [0.717, 1.165) is 4.90 Å². The zero-order valence-corrected chi connectivity index (χ0v) is 9.23. The van der Waals surface area contributed by atoms with Crippen LogP contribution in [0, 0.1) is 0 Å². The highest BCUT2D eigenvalue weighted by molar-refractivity contribution is 6.32. The number of amides is 1. The van der Waals surface area contributed by atoms with Crippen molar-refractivity contribution in [3.8, 4) is 0 Å². The van der Waals surface area contributed by atoms with Gasteiger partial charge >= 0.3 is 6.18 Å². The average Bonchev–Trinajstić information content (AvgIpc) is 2.15. The third-order valence-electron chi connectivity index (χ3n) is 1.80. The Morgan fingerprint density at radius 2 is 2.00 bits per heavy atom. The van der Waals surface area contributed by atoms with Crippen molar-refractivity contribution in [2.75, 3.05) is 14.1 Å². The van der Waals surface area contributed by atoms with E-state index in [0.29, 0.717) is 12.3 Å². The fraction of sp³-hybridized carbons (Fsp3) is 0.333. The summed E-state index contributed by atoms with van der Waals surface area (Å²) in [5.74, 6) is -0.622. The van der Waals surface area contributed by atoms with Gasteiger partial charge in [0.1, 0.15) is 5.15 Å². The summed E-state index contributed by atoms with van der Waals surface area (Å²) in [4.78, 5) is 16.0. The SMILES string of the molecule is CN(C)C(=O)c1cc(C(F)(F)F)cnc1Cl. The predicted octanol–water partition coefficient (Wildman–Crippen LogP) is 2.46. The average molecular weight is 253 g/mol. The highest BCUT2D eigenvalue weighted by atomic mass is 35.5. The molecule has 0 atom stereocenters. The number of hydrogen-bond acceptors (Lipinski definition) is 2. The Hall–Kier alpha value is -1.30. The normalized spacial score (nSPS) is 11.4. The first-order valence-electron chi connectivity index (χ1n) is 4.18. The van der Waals surface area contributed by atoms with E-state index in [9.17, 15) is 18.0 Å². The minimum absolute atomic E-state index is 0.244. The second-order valence-electron chi connectivity index (χ2n) is 3.26. The fourth-order valence-electron chi connectivity index (χ4n) is 0.994. The van der Waals surface area contributed by atoms with Crippen molar-refractivity contribution in [2.24, 2.45) is 0 Å². The van der Waals surface area contributed by atoms with Crippen LogP contribution in [0.3, 0.4) is 0 Å². The molecule has 0 aromatic carbocycles. The topological polar surface area (TPSA) is 33.2 Å². The number of carbonyl (C=O) groups excluding carboxylic acids is 1. The second kappa shape index (κ2) is 4.29. The molecule has 1 rings (SSSR count). The lowest BCUT2D eigenvalue weighted by molar-refractivity contribution is -0.137. The number of alkyl halides is 3. The molecule has 0 aliphatic heterocycles. The highest BCUT2D eigenvalue weighted by Crippen LogP contribution is 2.30. The van der Waals surface area contributed by atoms with Gasteiger partial charge < -0.3 is 4.90 Å². The minimum Gasteiger partial charge on any atom is -0.345 e. The van der Waals surface area contributed by atoms with Crippen molar-refractivity contribution >= 4 is 17.5 Å². The number of pyridine rings is 1. The molecule has 1 amide bonds. The third-order valence-corrected chi connectivity index (χ3v) is 2.10. The van der Waals surface area contributed by atoms with E-state index in [1.165, 1.54) is 14.1 Å². The van der Waals surface area contributed by atoms with E-state index in [-0.39, 0.29) is 10.7 Å². The van der Waals surface area contributed by atoms with E-state index in [1.807, 2.05) is 0 Å². The van der Waals surface area contributed by atoms with Crippen molar-refractivity contribution in [1.82, 2.24) is 9.88 Å². The molecule has 0 saturated carbocycles. The second-order valence-corrected chi connectivity index (χ2v) is 3.62. The molecule has 1 aromatic rings. The van der Waals surface area contributed by atoms with Gasteiger partial charge in [-0.25, -0.2) is 4.98 Å². The van der Waals surface area contributed by atoms with Gasteiger partial charge in [0.25, 0.3) is 5.91 Å². The molecule has 0 saturated heterocycles. The van der Waals surface area contributed by atoms with Crippen LogP contribution < -0.4 is 0 Å². The zero-order chi connectivity index (χ0) is 12.5. The van der Waals surface area contributed by atoms with Crippen LogP contribution in [-0.2, 0) is 6.18 Å². The molecular weight excluding hydrogens is 245 g/mol. The van der Waals surface area contributed by atoms with Crippen LogP contribution >= 0.6 is 11.6 Å². The monoisotopic (exact) mass is 252 g/mol. The van der Waals surface area contributed by atoms with Gasteiger partial charge in [-0.15, -0.1) is 0 Å². The van der Waals surface area contributed by atoms with Gasteiger partial charge in [0, 0.05) is 20.3 Å². The highest BCUT2D eigenvalue weighted by Gasteiger charge is 2.32. The Kier molecular flexibility index (Phi) is 3.42. The predicted molar refractivity (Wildman–Crippen MR) is 52.3 cm³/mol. The summed E-state index contributed by atoms with van der Waals surface area (Å²) in [6.45, 7) is 0. The molecule has 3 nitrogen and oxygen atoms in total. The van der Waals surface area contributed by atoms with Crippen LogP contribution in [0.25, 0.3) is 0 Å². The lowest BCUT2D eigenvalue weighted by Gasteiger charge is -2.13.